The molecule has 0 amide bonds. The summed E-state index contributed by atoms with van der Waals surface area (Å²) in [7, 11) is 2.87. The highest BCUT2D eigenvalue weighted by atomic mass is 16.5. The number of aliphatic hydroxyl groups excluding tert-OH is 1. The molecular formula is C12H13N3O4. The van der Waals surface area contributed by atoms with E-state index in [1.807, 2.05) is 0 Å². The summed E-state index contributed by atoms with van der Waals surface area (Å²) in [5.74, 6) is 0.502. The van der Waals surface area contributed by atoms with E-state index in [0.29, 0.717) is 5.75 Å². The second kappa shape index (κ2) is 5.96. The minimum Gasteiger partial charge on any atom is -0.467 e. The van der Waals surface area contributed by atoms with Gasteiger partial charge >= 0.3 is 18.0 Å². The normalized spacial score (nSPS) is 10.1. The van der Waals surface area contributed by atoms with E-state index in [1.54, 1.807) is 24.3 Å². The predicted octanol–water partition coefficient (Wildman–Crippen LogP) is 1.17. The Hall–Kier alpha value is -2.41. The van der Waals surface area contributed by atoms with Crippen LogP contribution in [0, 0.1) is 0 Å². The zero-order valence-electron chi connectivity index (χ0n) is 10.5. The van der Waals surface area contributed by atoms with Gasteiger partial charge in [-0.05, 0) is 17.7 Å². The molecular weight excluding hydrogens is 250 g/mol. The smallest absolute Gasteiger partial charge is 0.331 e. The van der Waals surface area contributed by atoms with E-state index in [2.05, 4.69) is 15.0 Å². The zero-order chi connectivity index (χ0) is 13.7. The number of hydrogen-bond donors (Lipinski definition) is 1. The fourth-order valence-electron chi connectivity index (χ4n) is 1.36. The molecule has 0 spiro atoms. The van der Waals surface area contributed by atoms with Gasteiger partial charge in [-0.3, -0.25) is 0 Å². The lowest BCUT2D eigenvalue weighted by molar-refractivity contribution is 0.281. The lowest BCUT2D eigenvalue weighted by atomic mass is 10.2. The molecule has 0 fully saturated rings. The number of benzene rings is 1. The third-order valence-electron chi connectivity index (χ3n) is 2.23. The molecule has 0 aliphatic rings. The van der Waals surface area contributed by atoms with Gasteiger partial charge in [-0.1, -0.05) is 12.1 Å². The molecule has 1 aromatic carbocycles. The van der Waals surface area contributed by atoms with Gasteiger partial charge in [0, 0.05) is 0 Å². The summed E-state index contributed by atoms with van der Waals surface area (Å²) < 4.78 is 15.3. The number of hydrogen-bond acceptors (Lipinski definition) is 7. The van der Waals surface area contributed by atoms with E-state index in [1.165, 1.54) is 14.2 Å². The van der Waals surface area contributed by atoms with Gasteiger partial charge in [0.05, 0.1) is 20.8 Å². The second-order valence-corrected chi connectivity index (χ2v) is 3.50. The fraction of sp³-hybridized carbons (Fsp3) is 0.250. The van der Waals surface area contributed by atoms with Crippen molar-refractivity contribution < 1.29 is 19.3 Å². The Balaban J connectivity index is 2.26. The molecule has 0 bridgehead atoms. The van der Waals surface area contributed by atoms with Gasteiger partial charge in [-0.2, -0.15) is 0 Å². The third kappa shape index (κ3) is 3.29. The summed E-state index contributed by atoms with van der Waals surface area (Å²) in [5.41, 5.74) is 0.727. The van der Waals surface area contributed by atoms with Crippen LogP contribution in [0.3, 0.4) is 0 Å². The Morgan fingerprint density at radius 2 is 1.63 bits per heavy atom. The molecule has 0 aliphatic carbocycles. The molecule has 1 heterocycles. The minimum atomic E-state index is -0.0684. The number of aromatic nitrogens is 3. The van der Waals surface area contributed by atoms with Crippen LogP contribution in [0.1, 0.15) is 5.56 Å². The van der Waals surface area contributed by atoms with Gasteiger partial charge in [-0.25, -0.2) is 0 Å². The molecule has 2 rings (SSSR count). The average molecular weight is 263 g/mol. The predicted molar refractivity (Wildman–Crippen MR) is 65.4 cm³/mol. The molecule has 1 N–H and O–H groups in total. The highest BCUT2D eigenvalue weighted by Gasteiger charge is 2.09. The summed E-state index contributed by atoms with van der Waals surface area (Å²) in [6.45, 7) is -0.0684. The fourth-order valence-corrected chi connectivity index (χ4v) is 1.36. The Labute approximate surface area is 109 Å². The number of aliphatic hydroxyl groups is 1. The molecule has 7 nitrogen and oxygen atoms in total. The Morgan fingerprint density at radius 3 is 2.21 bits per heavy atom. The van der Waals surface area contributed by atoms with Gasteiger partial charge < -0.3 is 19.3 Å². The van der Waals surface area contributed by atoms with Crippen molar-refractivity contribution in [1.82, 2.24) is 15.0 Å². The van der Waals surface area contributed by atoms with E-state index in [4.69, 9.17) is 19.3 Å². The highest BCUT2D eigenvalue weighted by Crippen LogP contribution is 2.22. The Kier molecular flexibility index (Phi) is 4.09. The van der Waals surface area contributed by atoms with Crippen molar-refractivity contribution >= 4 is 0 Å². The quantitative estimate of drug-likeness (QED) is 0.866. The summed E-state index contributed by atoms with van der Waals surface area (Å²) >= 11 is 0. The molecule has 0 unspecified atom stereocenters. The highest BCUT2D eigenvalue weighted by molar-refractivity contribution is 5.30. The molecule has 7 heteroatoms. The first-order valence-electron chi connectivity index (χ1n) is 5.47. The van der Waals surface area contributed by atoms with Crippen LogP contribution in [-0.2, 0) is 6.61 Å². The lowest BCUT2D eigenvalue weighted by Gasteiger charge is -2.07. The molecule has 0 saturated heterocycles. The van der Waals surface area contributed by atoms with E-state index in [9.17, 15) is 0 Å². The van der Waals surface area contributed by atoms with Crippen LogP contribution in [0.15, 0.2) is 24.3 Å². The minimum absolute atomic E-state index is 0.0544. The monoisotopic (exact) mass is 263 g/mol. The third-order valence-corrected chi connectivity index (χ3v) is 2.23. The lowest BCUT2D eigenvalue weighted by Crippen LogP contribution is -2.01. The second-order valence-electron chi connectivity index (χ2n) is 3.50. The molecule has 0 radical (unpaired) electrons. The van der Waals surface area contributed by atoms with Gasteiger partial charge in [-0.15, -0.1) is 15.0 Å². The number of methoxy groups -OCH3 is 2. The van der Waals surface area contributed by atoms with Crippen molar-refractivity contribution in [2.45, 2.75) is 6.61 Å². The molecule has 0 aliphatic heterocycles. The summed E-state index contributed by atoms with van der Waals surface area (Å²) in [4.78, 5) is 11.7. The van der Waals surface area contributed by atoms with Crippen LogP contribution in [0.2, 0.25) is 0 Å². The van der Waals surface area contributed by atoms with Crippen LogP contribution in [-0.4, -0.2) is 34.3 Å². The van der Waals surface area contributed by atoms with E-state index in [-0.39, 0.29) is 24.6 Å². The van der Waals surface area contributed by atoms with E-state index >= 15 is 0 Å². The molecule has 2 aromatic rings. The first-order chi connectivity index (χ1) is 9.25. The van der Waals surface area contributed by atoms with Crippen molar-refractivity contribution in [1.29, 1.82) is 0 Å². The zero-order valence-corrected chi connectivity index (χ0v) is 10.5. The summed E-state index contributed by atoms with van der Waals surface area (Å²) in [6, 6.07) is 7.20. The van der Waals surface area contributed by atoms with Crippen LogP contribution < -0.4 is 14.2 Å². The van der Waals surface area contributed by atoms with Crippen molar-refractivity contribution in [3.05, 3.63) is 29.8 Å². The van der Waals surface area contributed by atoms with Gasteiger partial charge in [0.25, 0.3) is 0 Å². The van der Waals surface area contributed by atoms with E-state index in [0.717, 1.165) is 5.56 Å². The standard InChI is InChI=1S/C12H13N3O4/c1-17-10-13-11(18-2)15-12(14-10)19-9-5-3-4-8(6-9)7-16/h3-6,16H,7H2,1-2H3. The molecule has 1 aromatic heterocycles. The largest absolute Gasteiger partial charge is 0.467 e. The van der Waals surface area contributed by atoms with Crippen LogP contribution in [0.4, 0.5) is 0 Å². The van der Waals surface area contributed by atoms with Crippen LogP contribution in [0.5, 0.6) is 23.8 Å². The van der Waals surface area contributed by atoms with Crippen LogP contribution in [0.25, 0.3) is 0 Å². The average Bonchev–Trinajstić information content (AvgIpc) is 2.47. The van der Waals surface area contributed by atoms with Crippen molar-refractivity contribution in [2.24, 2.45) is 0 Å². The SMILES string of the molecule is COc1nc(OC)nc(Oc2cccc(CO)c2)n1. The molecule has 0 saturated carbocycles. The number of ether oxygens (including phenoxy) is 3. The number of nitrogens with zero attached hydrogens (tertiary/aromatic N) is 3. The maximum atomic E-state index is 9.06. The summed E-state index contributed by atoms with van der Waals surface area (Å²) in [5, 5.41) is 9.06. The van der Waals surface area contributed by atoms with Crippen LogP contribution >= 0.6 is 0 Å². The maximum Gasteiger partial charge on any atom is 0.331 e. The Bertz CT molecular complexity index is 540. The molecule has 0 atom stereocenters. The molecule has 19 heavy (non-hydrogen) atoms. The summed E-state index contributed by atoms with van der Waals surface area (Å²) in [6.07, 6.45) is 0. The first kappa shape index (κ1) is 13.0. The van der Waals surface area contributed by atoms with Gasteiger partial charge in [0.15, 0.2) is 0 Å². The Morgan fingerprint density at radius 1 is 1.00 bits per heavy atom. The maximum absolute atomic E-state index is 9.06. The van der Waals surface area contributed by atoms with Gasteiger partial charge in [0.2, 0.25) is 0 Å². The van der Waals surface area contributed by atoms with Gasteiger partial charge in [0.1, 0.15) is 5.75 Å². The number of rotatable bonds is 5. The van der Waals surface area contributed by atoms with Crippen molar-refractivity contribution in [3.8, 4) is 23.8 Å². The topological polar surface area (TPSA) is 86.6 Å². The van der Waals surface area contributed by atoms with Crippen molar-refractivity contribution in [3.63, 3.8) is 0 Å². The first-order valence-corrected chi connectivity index (χ1v) is 5.47. The van der Waals surface area contributed by atoms with E-state index < -0.39 is 0 Å². The molecule has 100 valence electrons. The van der Waals surface area contributed by atoms with Crippen molar-refractivity contribution in [2.75, 3.05) is 14.2 Å².